The SMILES string of the molecule is O=C(Cn1cc(S(=O)(=O)Cc2c(F)cccc2Cl)c2ccccc21)Nc1ccccc1C(F)(F)F. The minimum Gasteiger partial charge on any atom is -0.337 e. The molecule has 0 spiro atoms. The van der Waals surface area contributed by atoms with Crippen molar-refractivity contribution in [2.24, 2.45) is 0 Å². The van der Waals surface area contributed by atoms with Crippen molar-refractivity contribution in [3.8, 4) is 0 Å². The van der Waals surface area contributed by atoms with Crippen molar-refractivity contribution < 1.29 is 30.8 Å². The Morgan fingerprint density at radius 1 is 0.971 bits per heavy atom. The first kappa shape index (κ1) is 24.7. The molecule has 5 nitrogen and oxygen atoms in total. The van der Waals surface area contributed by atoms with Crippen molar-refractivity contribution in [3.63, 3.8) is 0 Å². The molecule has 182 valence electrons. The molecule has 0 unspecified atom stereocenters. The lowest BCUT2D eigenvalue weighted by Gasteiger charge is -2.14. The summed E-state index contributed by atoms with van der Waals surface area (Å²) in [5.41, 5.74) is -1.24. The largest absolute Gasteiger partial charge is 0.418 e. The van der Waals surface area contributed by atoms with E-state index in [2.05, 4.69) is 5.32 Å². The number of para-hydroxylation sites is 2. The number of rotatable bonds is 6. The first-order valence-electron chi connectivity index (χ1n) is 10.2. The van der Waals surface area contributed by atoms with Crippen molar-refractivity contribution in [2.75, 3.05) is 5.32 Å². The van der Waals surface area contributed by atoms with E-state index in [0.29, 0.717) is 5.52 Å². The number of carbonyl (C=O) groups is 1. The van der Waals surface area contributed by atoms with Crippen molar-refractivity contribution in [1.82, 2.24) is 4.57 Å². The zero-order chi connectivity index (χ0) is 25.4. The molecule has 0 aliphatic carbocycles. The van der Waals surface area contributed by atoms with Crippen LogP contribution in [0, 0.1) is 5.82 Å². The number of halogens is 5. The van der Waals surface area contributed by atoms with Gasteiger partial charge in [-0.25, -0.2) is 12.8 Å². The maximum absolute atomic E-state index is 14.2. The van der Waals surface area contributed by atoms with Gasteiger partial charge in [0.15, 0.2) is 9.84 Å². The zero-order valence-electron chi connectivity index (χ0n) is 17.8. The summed E-state index contributed by atoms with van der Waals surface area (Å²) >= 11 is 5.99. The van der Waals surface area contributed by atoms with E-state index in [1.807, 2.05) is 0 Å². The van der Waals surface area contributed by atoms with Gasteiger partial charge in [-0.3, -0.25) is 4.79 Å². The van der Waals surface area contributed by atoms with E-state index in [4.69, 9.17) is 11.6 Å². The molecule has 35 heavy (non-hydrogen) atoms. The first-order chi connectivity index (χ1) is 16.5. The highest BCUT2D eigenvalue weighted by Gasteiger charge is 2.33. The number of hydrogen-bond acceptors (Lipinski definition) is 3. The molecular formula is C24H17ClF4N2O3S. The van der Waals surface area contributed by atoms with Crippen molar-refractivity contribution in [2.45, 2.75) is 23.4 Å². The fourth-order valence-corrected chi connectivity index (χ4v) is 5.65. The van der Waals surface area contributed by atoms with Crippen molar-refractivity contribution in [1.29, 1.82) is 0 Å². The number of anilines is 1. The fraction of sp³-hybridized carbons (Fsp3) is 0.125. The van der Waals surface area contributed by atoms with Crippen LogP contribution in [0.5, 0.6) is 0 Å². The molecule has 0 aliphatic heterocycles. The molecule has 0 saturated carbocycles. The molecule has 4 rings (SSSR count). The van der Waals surface area contributed by atoms with Crippen LogP contribution in [-0.4, -0.2) is 18.9 Å². The van der Waals surface area contributed by atoms with Crippen LogP contribution in [0.25, 0.3) is 10.9 Å². The minimum atomic E-state index is -4.67. The summed E-state index contributed by atoms with van der Waals surface area (Å²) in [6, 6.07) is 14.7. The molecule has 0 radical (unpaired) electrons. The summed E-state index contributed by atoms with van der Waals surface area (Å²) in [5.74, 6) is -2.27. The maximum Gasteiger partial charge on any atom is 0.418 e. The smallest absolute Gasteiger partial charge is 0.337 e. The molecule has 4 aromatic rings. The third-order valence-electron chi connectivity index (χ3n) is 5.30. The summed E-state index contributed by atoms with van der Waals surface area (Å²) in [4.78, 5) is 12.5. The van der Waals surface area contributed by atoms with Gasteiger partial charge in [-0.05, 0) is 30.3 Å². The monoisotopic (exact) mass is 524 g/mol. The van der Waals surface area contributed by atoms with Crippen molar-refractivity contribution >= 4 is 43.9 Å². The number of carbonyl (C=O) groups excluding carboxylic acids is 1. The normalized spacial score (nSPS) is 12.1. The number of benzene rings is 3. The highest BCUT2D eigenvalue weighted by atomic mass is 35.5. The van der Waals surface area contributed by atoms with E-state index in [9.17, 15) is 30.8 Å². The highest BCUT2D eigenvalue weighted by Crippen LogP contribution is 2.35. The van der Waals surface area contributed by atoms with Crippen LogP contribution < -0.4 is 5.32 Å². The molecule has 0 atom stereocenters. The summed E-state index contributed by atoms with van der Waals surface area (Å²) in [7, 11) is -4.11. The molecule has 1 amide bonds. The molecule has 1 aromatic heterocycles. The Hall–Kier alpha value is -3.37. The molecule has 1 N–H and O–H groups in total. The first-order valence-corrected chi connectivity index (χ1v) is 12.2. The predicted octanol–water partition coefficient (Wildman–Crippen LogP) is 6.07. The van der Waals surface area contributed by atoms with Crippen LogP contribution in [0.3, 0.4) is 0 Å². The van der Waals surface area contributed by atoms with Gasteiger partial charge in [0.25, 0.3) is 0 Å². The molecule has 0 aliphatic rings. The van der Waals surface area contributed by atoms with Gasteiger partial charge >= 0.3 is 6.18 Å². The third kappa shape index (κ3) is 5.18. The van der Waals surface area contributed by atoms with Gasteiger partial charge in [0.2, 0.25) is 5.91 Å². The minimum absolute atomic E-state index is 0.0416. The second-order valence-electron chi connectivity index (χ2n) is 7.69. The van der Waals surface area contributed by atoms with Gasteiger partial charge in [0, 0.05) is 27.7 Å². The number of alkyl halides is 3. The van der Waals surface area contributed by atoms with Gasteiger partial charge in [-0.15, -0.1) is 0 Å². The molecule has 11 heteroatoms. The molecular weight excluding hydrogens is 508 g/mol. The number of nitrogens with zero attached hydrogens (tertiary/aromatic N) is 1. The second kappa shape index (κ2) is 9.35. The van der Waals surface area contributed by atoms with Crippen LogP contribution in [0.4, 0.5) is 23.2 Å². The third-order valence-corrected chi connectivity index (χ3v) is 7.32. The van der Waals surface area contributed by atoms with Crippen LogP contribution >= 0.6 is 11.6 Å². The number of sulfone groups is 1. The Balaban J connectivity index is 1.67. The number of fused-ring (bicyclic) bond motifs is 1. The average Bonchev–Trinajstić information content (AvgIpc) is 3.15. The number of nitrogens with one attached hydrogen (secondary N) is 1. The average molecular weight is 525 g/mol. The molecule has 3 aromatic carbocycles. The fourth-order valence-electron chi connectivity index (χ4n) is 3.71. The van der Waals surface area contributed by atoms with Gasteiger partial charge in [0.1, 0.15) is 12.4 Å². The Bertz CT molecular complexity index is 1510. The van der Waals surface area contributed by atoms with E-state index < -0.39 is 51.3 Å². The van der Waals surface area contributed by atoms with Crippen LogP contribution in [0.15, 0.2) is 77.8 Å². The Kier molecular flexibility index (Phi) is 6.61. The quantitative estimate of drug-likeness (QED) is 0.311. The number of hydrogen-bond donors (Lipinski definition) is 1. The Morgan fingerprint density at radius 2 is 1.66 bits per heavy atom. The Morgan fingerprint density at radius 3 is 2.37 bits per heavy atom. The maximum atomic E-state index is 14.2. The van der Waals surface area contributed by atoms with E-state index in [0.717, 1.165) is 18.2 Å². The van der Waals surface area contributed by atoms with Crippen molar-refractivity contribution in [3.05, 3.63) is 94.9 Å². The molecule has 0 fully saturated rings. The lowest BCUT2D eigenvalue weighted by Crippen LogP contribution is -2.20. The second-order valence-corrected chi connectivity index (χ2v) is 10.1. The number of amides is 1. The van der Waals surface area contributed by atoms with E-state index >= 15 is 0 Å². The molecule has 0 saturated heterocycles. The summed E-state index contributed by atoms with van der Waals surface area (Å²) in [6.07, 6.45) is -3.46. The number of aromatic nitrogens is 1. The van der Waals surface area contributed by atoms with E-state index in [1.54, 1.807) is 18.2 Å². The van der Waals surface area contributed by atoms with Crippen LogP contribution in [0.1, 0.15) is 11.1 Å². The topological polar surface area (TPSA) is 68.2 Å². The lowest BCUT2D eigenvalue weighted by molar-refractivity contribution is -0.137. The van der Waals surface area contributed by atoms with E-state index in [1.165, 1.54) is 41.1 Å². The predicted molar refractivity (Wildman–Crippen MR) is 124 cm³/mol. The summed E-state index contributed by atoms with van der Waals surface area (Å²) in [5, 5.41) is 2.48. The van der Waals surface area contributed by atoms with Crippen LogP contribution in [0.2, 0.25) is 5.02 Å². The summed E-state index contributed by atoms with van der Waals surface area (Å²) in [6.45, 7) is -0.456. The van der Waals surface area contributed by atoms with Gasteiger partial charge in [-0.1, -0.05) is 48.0 Å². The zero-order valence-corrected chi connectivity index (χ0v) is 19.4. The van der Waals surface area contributed by atoms with Gasteiger partial charge in [-0.2, -0.15) is 13.2 Å². The summed E-state index contributed by atoms with van der Waals surface area (Å²) < 4.78 is 81.7. The Labute approximate surface area is 202 Å². The van der Waals surface area contributed by atoms with Gasteiger partial charge < -0.3 is 9.88 Å². The molecule has 0 bridgehead atoms. The van der Waals surface area contributed by atoms with E-state index in [-0.39, 0.29) is 20.9 Å². The molecule has 1 heterocycles. The highest BCUT2D eigenvalue weighted by molar-refractivity contribution is 7.90. The van der Waals surface area contributed by atoms with Crippen LogP contribution in [-0.2, 0) is 33.1 Å². The lowest BCUT2D eigenvalue weighted by atomic mass is 10.1. The standard InChI is InChI=1S/C24H17ClF4N2O3S/c25-18-8-5-9-19(26)16(18)14-35(33,34)22-12-31(21-11-4-1-6-15(21)22)13-23(32)30-20-10-3-2-7-17(20)24(27,28)29/h1-12H,13-14H2,(H,30,32). The van der Waals surface area contributed by atoms with Gasteiger partial charge in [0.05, 0.1) is 21.9 Å².